The molecule has 1 unspecified atom stereocenters. The first-order valence-electron chi connectivity index (χ1n) is 14.2. The van der Waals surface area contributed by atoms with Crippen molar-refractivity contribution in [2.75, 3.05) is 19.8 Å². The van der Waals surface area contributed by atoms with Crippen LogP contribution in [0.3, 0.4) is 0 Å². The second kappa shape index (κ2) is 11.7. The Morgan fingerprint density at radius 3 is 2.42 bits per heavy atom. The SMILES string of the molecule is CC(C)[Si](C#Cc1nn(C2CCCCO2)c2ccc(-c3cnn(C)c3[C@H](CN)CO)cc12)(C(C)C)C(C)C. The maximum Gasteiger partial charge on any atom is 0.150 e. The molecule has 1 fully saturated rings. The minimum Gasteiger partial charge on any atom is -0.396 e. The average Bonchev–Trinajstić information content (AvgIpc) is 3.45. The van der Waals surface area contributed by atoms with E-state index in [2.05, 4.69) is 76.3 Å². The van der Waals surface area contributed by atoms with Gasteiger partial charge in [0.2, 0.25) is 0 Å². The third kappa shape index (κ3) is 5.09. The molecule has 0 spiro atoms. The molecule has 1 saturated heterocycles. The van der Waals surface area contributed by atoms with Crippen LogP contribution in [0, 0.1) is 11.5 Å². The molecule has 4 rings (SSSR count). The second-order valence-corrected chi connectivity index (χ2v) is 17.3. The first-order valence-corrected chi connectivity index (χ1v) is 16.4. The Balaban J connectivity index is 1.92. The van der Waals surface area contributed by atoms with Crippen molar-refractivity contribution in [2.45, 2.75) is 89.6 Å². The first kappa shape index (κ1) is 28.6. The van der Waals surface area contributed by atoms with Crippen molar-refractivity contribution in [2.24, 2.45) is 12.8 Å². The normalized spacial score (nSPS) is 17.4. The number of nitrogens with two attached hydrogens (primary N) is 1. The van der Waals surface area contributed by atoms with E-state index in [0.717, 1.165) is 59.3 Å². The summed E-state index contributed by atoms with van der Waals surface area (Å²) in [5, 5.41) is 20.6. The van der Waals surface area contributed by atoms with Gasteiger partial charge in [0.15, 0.2) is 6.23 Å². The Kier molecular flexibility index (Phi) is 8.83. The van der Waals surface area contributed by atoms with Gasteiger partial charge in [0.05, 0.1) is 24.0 Å². The van der Waals surface area contributed by atoms with Gasteiger partial charge in [-0.15, -0.1) is 5.54 Å². The predicted octanol–water partition coefficient (Wildman–Crippen LogP) is 5.74. The van der Waals surface area contributed by atoms with Crippen molar-refractivity contribution in [3.05, 3.63) is 35.8 Å². The molecule has 206 valence electrons. The van der Waals surface area contributed by atoms with E-state index < -0.39 is 8.07 Å². The second-order valence-electron chi connectivity index (χ2n) is 11.7. The Morgan fingerprint density at radius 1 is 1.13 bits per heavy atom. The van der Waals surface area contributed by atoms with Gasteiger partial charge in [-0.1, -0.05) is 53.5 Å². The molecule has 0 aliphatic carbocycles. The largest absolute Gasteiger partial charge is 0.396 e. The highest BCUT2D eigenvalue weighted by molar-refractivity contribution is 6.90. The summed E-state index contributed by atoms with van der Waals surface area (Å²) in [7, 11) is -0.0307. The number of hydrogen-bond donors (Lipinski definition) is 2. The summed E-state index contributed by atoms with van der Waals surface area (Å²) in [6.07, 6.45) is 4.98. The van der Waals surface area contributed by atoms with Crippen LogP contribution in [0.15, 0.2) is 24.4 Å². The van der Waals surface area contributed by atoms with Crippen LogP contribution in [0.5, 0.6) is 0 Å². The fraction of sp³-hybridized carbons (Fsp3) is 0.600. The van der Waals surface area contributed by atoms with E-state index in [0.29, 0.717) is 23.2 Å². The van der Waals surface area contributed by atoms with Crippen molar-refractivity contribution in [3.8, 4) is 22.6 Å². The van der Waals surface area contributed by atoms with Gasteiger partial charge in [-0.05, 0) is 53.6 Å². The molecule has 2 atom stereocenters. The highest BCUT2D eigenvalue weighted by Crippen LogP contribution is 2.41. The molecule has 0 radical (unpaired) electrons. The monoisotopic (exact) mass is 535 g/mol. The van der Waals surface area contributed by atoms with Crippen LogP contribution in [-0.2, 0) is 11.8 Å². The molecule has 2 aromatic heterocycles. The predicted molar refractivity (Wildman–Crippen MR) is 158 cm³/mol. The van der Waals surface area contributed by atoms with Gasteiger partial charge in [-0.2, -0.15) is 10.2 Å². The van der Waals surface area contributed by atoms with Crippen LogP contribution >= 0.6 is 0 Å². The minimum atomic E-state index is -1.93. The lowest BCUT2D eigenvalue weighted by Gasteiger charge is -2.38. The molecule has 1 aliphatic rings. The standard InChI is InChI=1S/C30H45N5O2Si/c1-20(2)38(21(3)4,22(5)6)15-13-27-25-16-23(26-18-32-34(7)30(26)24(17-31)19-36)11-12-28(25)35(33-27)29-10-8-9-14-37-29/h11-12,16,18,20-22,24,29,36H,8-10,14,17,19,31H2,1-7H3/t24-,29?/m1/s1. The van der Waals surface area contributed by atoms with Gasteiger partial charge in [0, 0.05) is 37.1 Å². The summed E-state index contributed by atoms with van der Waals surface area (Å²) in [5.74, 6) is 3.44. The maximum atomic E-state index is 9.97. The Hall–Kier alpha value is -2.44. The van der Waals surface area contributed by atoms with Crippen molar-refractivity contribution in [3.63, 3.8) is 0 Å². The Bertz CT molecular complexity index is 1280. The van der Waals surface area contributed by atoms with Crippen molar-refractivity contribution < 1.29 is 9.84 Å². The Labute approximate surface area is 228 Å². The maximum absolute atomic E-state index is 9.97. The molecule has 1 aromatic carbocycles. The van der Waals surface area contributed by atoms with E-state index in [1.807, 2.05) is 22.6 Å². The van der Waals surface area contributed by atoms with Crippen molar-refractivity contribution in [1.29, 1.82) is 0 Å². The zero-order valence-corrected chi connectivity index (χ0v) is 25.2. The van der Waals surface area contributed by atoms with E-state index in [9.17, 15) is 5.11 Å². The van der Waals surface area contributed by atoms with E-state index >= 15 is 0 Å². The van der Waals surface area contributed by atoms with Gasteiger partial charge < -0.3 is 15.6 Å². The van der Waals surface area contributed by atoms with Gasteiger partial charge in [-0.25, -0.2) is 4.68 Å². The summed E-state index contributed by atoms with van der Waals surface area (Å²) in [4.78, 5) is 0. The summed E-state index contributed by atoms with van der Waals surface area (Å²) in [5.41, 5.74) is 16.3. The molecular formula is C30H45N5O2Si. The van der Waals surface area contributed by atoms with E-state index in [4.69, 9.17) is 15.6 Å². The topological polar surface area (TPSA) is 91.1 Å². The lowest BCUT2D eigenvalue weighted by atomic mass is 9.96. The quantitative estimate of drug-likeness (QED) is 0.283. The highest BCUT2D eigenvalue weighted by atomic mass is 28.3. The molecule has 0 saturated carbocycles. The Morgan fingerprint density at radius 2 is 1.84 bits per heavy atom. The molecule has 3 N–H and O–H groups in total. The molecule has 3 aromatic rings. The number of aromatic nitrogens is 4. The third-order valence-electron chi connectivity index (χ3n) is 8.59. The van der Waals surface area contributed by atoms with Gasteiger partial charge >= 0.3 is 0 Å². The molecule has 0 bridgehead atoms. The van der Waals surface area contributed by atoms with Crippen LogP contribution in [0.25, 0.3) is 22.0 Å². The summed E-state index contributed by atoms with van der Waals surface area (Å²) >= 11 is 0. The van der Waals surface area contributed by atoms with E-state index in [-0.39, 0.29) is 18.8 Å². The fourth-order valence-corrected chi connectivity index (χ4v) is 11.8. The van der Waals surface area contributed by atoms with Crippen LogP contribution in [-0.4, -0.2) is 52.5 Å². The number of fused-ring (bicyclic) bond motifs is 1. The molecule has 3 heterocycles. The van der Waals surface area contributed by atoms with Crippen LogP contribution < -0.4 is 5.73 Å². The average molecular weight is 536 g/mol. The van der Waals surface area contributed by atoms with Crippen LogP contribution in [0.1, 0.15) is 84.3 Å². The van der Waals surface area contributed by atoms with Crippen molar-refractivity contribution in [1.82, 2.24) is 19.6 Å². The highest BCUT2D eigenvalue weighted by Gasteiger charge is 2.41. The number of rotatable bonds is 8. The van der Waals surface area contributed by atoms with Gasteiger partial charge in [-0.3, -0.25) is 4.68 Å². The number of aliphatic hydroxyl groups excluding tert-OH is 1. The van der Waals surface area contributed by atoms with Crippen LogP contribution in [0.2, 0.25) is 16.6 Å². The zero-order chi connectivity index (χ0) is 27.6. The number of aryl methyl sites for hydroxylation is 1. The molecule has 7 nitrogen and oxygen atoms in total. The van der Waals surface area contributed by atoms with E-state index in [1.54, 1.807) is 0 Å². The minimum absolute atomic E-state index is 0.0225. The first-order chi connectivity index (χ1) is 18.1. The zero-order valence-electron chi connectivity index (χ0n) is 24.2. The van der Waals surface area contributed by atoms with Crippen LogP contribution in [0.4, 0.5) is 0 Å². The van der Waals surface area contributed by atoms with Crippen molar-refractivity contribution >= 4 is 19.0 Å². The smallest absolute Gasteiger partial charge is 0.150 e. The van der Waals surface area contributed by atoms with Gasteiger partial charge in [0.25, 0.3) is 0 Å². The van der Waals surface area contributed by atoms with E-state index in [1.165, 1.54) is 0 Å². The molecule has 1 aliphatic heterocycles. The molecular weight excluding hydrogens is 490 g/mol. The molecule has 8 heteroatoms. The number of benzene rings is 1. The summed E-state index contributed by atoms with van der Waals surface area (Å²) in [6, 6.07) is 6.42. The molecule has 0 amide bonds. The number of nitrogens with zero attached hydrogens (tertiary/aromatic N) is 4. The number of hydrogen-bond acceptors (Lipinski definition) is 5. The summed E-state index contributed by atoms with van der Waals surface area (Å²) < 4.78 is 10.0. The molecule has 38 heavy (non-hydrogen) atoms. The fourth-order valence-electron chi connectivity index (χ4n) is 6.56. The number of ether oxygens (including phenoxy) is 1. The number of aliphatic hydroxyl groups is 1. The lowest BCUT2D eigenvalue weighted by molar-refractivity contribution is -0.0367. The summed E-state index contributed by atoms with van der Waals surface area (Å²) in [6.45, 7) is 15.1. The van der Waals surface area contributed by atoms with Gasteiger partial charge in [0.1, 0.15) is 13.8 Å². The third-order valence-corrected chi connectivity index (χ3v) is 14.9. The lowest BCUT2D eigenvalue weighted by Crippen LogP contribution is -2.43.